The van der Waals surface area contributed by atoms with Crippen molar-refractivity contribution >= 4 is 27.6 Å². The Kier molecular flexibility index (Phi) is 6.22. The van der Waals surface area contributed by atoms with E-state index in [1.165, 1.54) is 31.4 Å². The van der Waals surface area contributed by atoms with E-state index in [2.05, 4.69) is 9.46 Å². The largest absolute Gasteiger partial charge is 0.465 e. The van der Waals surface area contributed by atoms with Gasteiger partial charge in [0, 0.05) is 0 Å². The number of esters is 2. The van der Waals surface area contributed by atoms with Crippen LogP contribution in [0.1, 0.15) is 38.8 Å². The molecule has 0 aromatic heterocycles. The lowest BCUT2D eigenvalue weighted by Gasteiger charge is -2.14. The van der Waals surface area contributed by atoms with Crippen LogP contribution < -0.4 is 4.72 Å². The fraction of sp³-hybridized carbons (Fsp3) is 0.263. The molecule has 0 aliphatic rings. The van der Waals surface area contributed by atoms with Crippen LogP contribution in [0.5, 0.6) is 0 Å². The molecule has 0 heterocycles. The molecule has 0 aliphatic heterocycles. The SMILES string of the molecule is CCOC(=O)c1ccc(C)c(NS(=O)(=O)c2cc(C(=O)OC)ccc2C)c1. The summed E-state index contributed by atoms with van der Waals surface area (Å²) in [6.45, 7) is 5.24. The predicted molar refractivity (Wildman–Crippen MR) is 100 cm³/mol. The summed E-state index contributed by atoms with van der Waals surface area (Å²) in [5, 5.41) is 0. The van der Waals surface area contributed by atoms with Gasteiger partial charge in [-0.25, -0.2) is 18.0 Å². The Morgan fingerprint density at radius 3 is 2.15 bits per heavy atom. The van der Waals surface area contributed by atoms with Crippen molar-refractivity contribution in [3.05, 3.63) is 58.7 Å². The summed E-state index contributed by atoms with van der Waals surface area (Å²) in [5.74, 6) is -1.17. The first-order chi connectivity index (χ1) is 12.7. The summed E-state index contributed by atoms with van der Waals surface area (Å²) >= 11 is 0. The highest BCUT2D eigenvalue weighted by Crippen LogP contribution is 2.24. The number of ether oxygens (including phenoxy) is 2. The molecule has 2 aromatic rings. The van der Waals surface area contributed by atoms with Crippen molar-refractivity contribution in [2.45, 2.75) is 25.7 Å². The monoisotopic (exact) mass is 391 g/mol. The van der Waals surface area contributed by atoms with Gasteiger partial charge in [0.1, 0.15) is 0 Å². The topological polar surface area (TPSA) is 98.8 Å². The molecule has 0 aliphatic carbocycles. The van der Waals surface area contributed by atoms with Gasteiger partial charge in [-0.1, -0.05) is 12.1 Å². The first-order valence-corrected chi connectivity index (χ1v) is 9.67. The van der Waals surface area contributed by atoms with E-state index in [1.54, 1.807) is 32.9 Å². The van der Waals surface area contributed by atoms with Crippen LogP contribution in [0.25, 0.3) is 0 Å². The van der Waals surface area contributed by atoms with Gasteiger partial charge in [-0.2, -0.15) is 0 Å². The number of aryl methyl sites for hydroxylation is 2. The standard InChI is InChI=1S/C19H21NO6S/c1-5-26-19(22)14-8-6-12(2)16(10-14)20-27(23,24)17-11-15(18(21)25-4)9-7-13(17)3/h6-11,20H,5H2,1-4H3. The van der Waals surface area contributed by atoms with E-state index in [0.717, 1.165) is 0 Å². The molecule has 0 fully saturated rings. The Bertz CT molecular complexity index is 982. The Morgan fingerprint density at radius 1 is 0.963 bits per heavy atom. The fourth-order valence-corrected chi connectivity index (χ4v) is 3.80. The molecule has 2 rings (SSSR count). The molecule has 27 heavy (non-hydrogen) atoms. The quantitative estimate of drug-likeness (QED) is 0.760. The van der Waals surface area contributed by atoms with Gasteiger partial charge in [-0.3, -0.25) is 4.72 Å². The summed E-state index contributed by atoms with van der Waals surface area (Å²) in [7, 11) is -2.77. The lowest BCUT2D eigenvalue weighted by atomic mass is 10.1. The third-order valence-electron chi connectivity index (χ3n) is 3.89. The Morgan fingerprint density at radius 2 is 1.56 bits per heavy atom. The highest BCUT2D eigenvalue weighted by Gasteiger charge is 2.21. The molecular formula is C19H21NO6S. The number of benzene rings is 2. The molecule has 0 bridgehead atoms. The molecule has 0 unspecified atom stereocenters. The third-order valence-corrected chi connectivity index (χ3v) is 5.40. The number of hydrogen-bond acceptors (Lipinski definition) is 6. The maximum atomic E-state index is 12.9. The number of sulfonamides is 1. The van der Waals surface area contributed by atoms with E-state index in [0.29, 0.717) is 11.1 Å². The van der Waals surface area contributed by atoms with Crippen LogP contribution in [0.3, 0.4) is 0 Å². The summed E-state index contributed by atoms with van der Waals surface area (Å²) in [6.07, 6.45) is 0. The average molecular weight is 391 g/mol. The van der Waals surface area contributed by atoms with Gasteiger partial charge in [-0.05, 0) is 56.2 Å². The zero-order valence-electron chi connectivity index (χ0n) is 15.5. The lowest BCUT2D eigenvalue weighted by molar-refractivity contribution is 0.0525. The van der Waals surface area contributed by atoms with E-state index in [4.69, 9.17) is 4.74 Å². The van der Waals surface area contributed by atoms with E-state index in [-0.39, 0.29) is 28.3 Å². The zero-order chi connectivity index (χ0) is 20.2. The van der Waals surface area contributed by atoms with Crippen LogP contribution in [-0.4, -0.2) is 34.1 Å². The van der Waals surface area contributed by atoms with Gasteiger partial charge >= 0.3 is 11.9 Å². The van der Waals surface area contributed by atoms with E-state index in [9.17, 15) is 18.0 Å². The average Bonchev–Trinajstić information content (AvgIpc) is 2.63. The van der Waals surface area contributed by atoms with Crippen LogP contribution in [-0.2, 0) is 19.5 Å². The van der Waals surface area contributed by atoms with E-state index >= 15 is 0 Å². The number of hydrogen-bond donors (Lipinski definition) is 1. The number of rotatable bonds is 6. The Hall–Kier alpha value is -2.87. The van der Waals surface area contributed by atoms with Crippen LogP contribution in [0.2, 0.25) is 0 Å². The molecule has 0 radical (unpaired) electrons. The molecule has 8 heteroatoms. The molecule has 0 spiro atoms. The second-order valence-electron chi connectivity index (χ2n) is 5.83. The summed E-state index contributed by atoms with van der Waals surface area (Å²) in [5.41, 5.74) is 1.71. The minimum Gasteiger partial charge on any atom is -0.465 e. The number of carbonyl (C=O) groups excluding carboxylic acids is 2. The third kappa shape index (κ3) is 4.65. The molecule has 0 atom stereocenters. The van der Waals surface area contributed by atoms with Crippen molar-refractivity contribution in [1.29, 1.82) is 0 Å². The maximum Gasteiger partial charge on any atom is 0.338 e. The van der Waals surface area contributed by atoms with E-state index < -0.39 is 22.0 Å². The number of nitrogens with one attached hydrogen (secondary N) is 1. The van der Waals surface area contributed by atoms with Crippen molar-refractivity contribution in [2.75, 3.05) is 18.4 Å². The predicted octanol–water partition coefficient (Wildman–Crippen LogP) is 3.07. The van der Waals surface area contributed by atoms with Crippen LogP contribution in [0.15, 0.2) is 41.3 Å². The summed E-state index contributed by atoms with van der Waals surface area (Å²) in [6, 6.07) is 8.89. The van der Waals surface area contributed by atoms with Crippen molar-refractivity contribution in [1.82, 2.24) is 0 Å². The summed E-state index contributed by atoms with van der Waals surface area (Å²) in [4.78, 5) is 23.6. The van der Waals surface area contributed by atoms with Crippen LogP contribution in [0, 0.1) is 13.8 Å². The molecule has 2 aromatic carbocycles. The first kappa shape index (κ1) is 20.4. The van der Waals surface area contributed by atoms with Crippen LogP contribution in [0.4, 0.5) is 5.69 Å². The molecule has 0 amide bonds. The van der Waals surface area contributed by atoms with Crippen molar-refractivity contribution in [2.24, 2.45) is 0 Å². The number of carbonyl (C=O) groups is 2. The second kappa shape index (κ2) is 8.22. The highest BCUT2D eigenvalue weighted by molar-refractivity contribution is 7.92. The fourth-order valence-electron chi connectivity index (χ4n) is 2.41. The van der Waals surface area contributed by atoms with E-state index in [1.807, 2.05) is 0 Å². The molecule has 1 N–H and O–H groups in total. The molecule has 7 nitrogen and oxygen atoms in total. The molecule has 0 saturated heterocycles. The molecule has 144 valence electrons. The maximum absolute atomic E-state index is 12.9. The van der Waals surface area contributed by atoms with Crippen molar-refractivity contribution < 1.29 is 27.5 Å². The van der Waals surface area contributed by atoms with Crippen molar-refractivity contribution in [3.63, 3.8) is 0 Å². The normalized spacial score (nSPS) is 11.0. The lowest BCUT2D eigenvalue weighted by Crippen LogP contribution is -2.17. The van der Waals surface area contributed by atoms with Gasteiger partial charge in [0.05, 0.1) is 35.4 Å². The minimum absolute atomic E-state index is 0.0497. The molecular weight excluding hydrogens is 370 g/mol. The van der Waals surface area contributed by atoms with Gasteiger partial charge in [-0.15, -0.1) is 0 Å². The van der Waals surface area contributed by atoms with Gasteiger partial charge in [0.15, 0.2) is 0 Å². The molecule has 0 saturated carbocycles. The zero-order valence-corrected chi connectivity index (χ0v) is 16.3. The minimum atomic E-state index is -4.00. The first-order valence-electron chi connectivity index (χ1n) is 8.19. The number of anilines is 1. The highest BCUT2D eigenvalue weighted by atomic mass is 32.2. The smallest absolute Gasteiger partial charge is 0.338 e. The van der Waals surface area contributed by atoms with Gasteiger partial charge in [0.2, 0.25) is 0 Å². The summed E-state index contributed by atoms with van der Waals surface area (Å²) < 4.78 is 37.8. The van der Waals surface area contributed by atoms with Gasteiger partial charge in [0.25, 0.3) is 10.0 Å². The Labute approximate surface area is 158 Å². The van der Waals surface area contributed by atoms with Crippen LogP contribution >= 0.6 is 0 Å². The van der Waals surface area contributed by atoms with Gasteiger partial charge < -0.3 is 9.47 Å². The van der Waals surface area contributed by atoms with Crippen molar-refractivity contribution in [3.8, 4) is 0 Å². The Balaban J connectivity index is 2.43. The second-order valence-corrected chi connectivity index (χ2v) is 7.48. The number of methoxy groups -OCH3 is 1.